The van der Waals surface area contributed by atoms with Crippen molar-refractivity contribution in [1.29, 1.82) is 0 Å². The Morgan fingerprint density at radius 2 is 2.33 bits per heavy atom. The van der Waals surface area contributed by atoms with Gasteiger partial charge in [0.05, 0.1) is 11.3 Å². The maximum absolute atomic E-state index is 10.8. The molecule has 0 unspecified atom stereocenters. The van der Waals surface area contributed by atoms with E-state index >= 15 is 0 Å². The van der Waals surface area contributed by atoms with Gasteiger partial charge in [-0.1, -0.05) is 19.9 Å². The third-order valence-electron chi connectivity index (χ3n) is 2.55. The molecule has 0 bridgehead atoms. The quantitative estimate of drug-likeness (QED) is 0.870. The van der Waals surface area contributed by atoms with Crippen molar-refractivity contribution < 1.29 is 9.90 Å². The van der Waals surface area contributed by atoms with Crippen molar-refractivity contribution in [3.8, 4) is 10.7 Å². The zero-order valence-corrected chi connectivity index (χ0v) is 11.1. The van der Waals surface area contributed by atoms with Crippen molar-refractivity contribution in [3.05, 3.63) is 23.3 Å². The Kier molecular flexibility index (Phi) is 3.47. The lowest BCUT2D eigenvalue weighted by atomic mass is 9.85. The van der Waals surface area contributed by atoms with Crippen LogP contribution in [-0.4, -0.2) is 26.3 Å². The summed E-state index contributed by atoms with van der Waals surface area (Å²) in [5.41, 5.74) is -0.335. The predicted octanol–water partition coefficient (Wildman–Crippen LogP) is 2.58. The number of carboxylic acid groups (broad SMARTS) is 1. The number of aromatic nitrogens is 3. The Morgan fingerprint density at radius 3 is 2.94 bits per heavy atom. The van der Waals surface area contributed by atoms with Crippen molar-refractivity contribution in [3.63, 3.8) is 0 Å². The summed E-state index contributed by atoms with van der Waals surface area (Å²) in [6.07, 6.45) is 0.680. The number of H-pyrrole nitrogens is 1. The van der Waals surface area contributed by atoms with Gasteiger partial charge in [0.25, 0.3) is 0 Å². The number of hydrogen-bond acceptors (Lipinski definition) is 4. The molecule has 0 aliphatic heterocycles. The van der Waals surface area contributed by atoms with Gasteiger partial charge in [-0.15, -0.1) is 11.3 Å². The Bertz CT molecular complexity index is 531. The molecule has 0 saturated carbocycles. The van der Waals surface area contributed by atoms with Gasteiger partial charge < -0.3 is 5.11 Å². The molecule has 0 amide bonds. The van der Waals surface area contributed by atoms with Gasteiger partial charge in [-0.25, -0.2) is 4.98 Å². The molecule has 6 heteroatoms. The van der Waals surface area contributed by atoms with E-state index in [0.29, 0.717) is 12.2 Å². The average Bonchev–Trinajstić information content (AvgIpc) is 2.82. The van der Waals surface area contributed by atoms with Crippen LogP contribution in [0, 0.1) is 5.41 Å². The lowest BCUT2D eigenvalue weighted by molar-refractivity contribution is -0.139. The van der Waals surface area contributed by atoms with Gasteiger partial charge in [0.1, 0.15) is 5.82 Å². The molecule has 0 spiro atoms. The number of carbonyl (C=O) groups is 1. The van der Waals surface area contributed by atoms with Gasteiger partial charge in [0.2, 0.25) is 0 Å². The largest absolute Gasteiger partial charge is 0.481 e. The van der Waals surface area contributed by atoms with E-state index < -0.39 is 5.97 Å². The summed E-state index contributed by atoms with van der Waals surface area (Å²) in [5, 5.41) is 17.8. The molecule has 0 fully saturated rings. The number of nitrogens with one attached hydrogen (secondary N) is 1. The first kappa shape index (κ1) is 12.8. The van der Waals surface area contributed by atoms with Crippen molar-refractivity contribution in [2.45, 2.75) is 26.7 Å². The molecule has 0 aliphatic rings. The summed E-state index contributed by atoms with van der Waals surface area (Å²) in [7, 11) is 0. The Morgan fingerprint density at radius 1 is 1.56 bits per heavy atom. The number of thiophene rings is 1. The van der Waals surface area contributed by atoms with Gasteiger partial charge >= 0.3 is 5.97 Å². The maximum atomic E-state index is 10.8. The van der Waals surface area contributed by atoms with Gasteiger partial charge in [0, 0.05) is 6.42 Å². The number of carboxylic acids is 1. The molecule has 5 nitrogen and oxygen atoms in total. The summed E-state index contributed by atoms with van der Waals surface area (Å²) in [6, 6.07) is 3.91. The summed E-state index contributed by atoms with van der Waals surface area (Å²) in [6.45, 7) is 3.82. The second-order valence-corrected chi connectivity index (χ2v) is 5.94. The molecule has 0 saturated heterocycles. The Hall–Kier alpha value is -1.69. The van der Waals surface area contributed by atoms with E-state index in [-0.39, 0.29) is 11.8 Å². The summed E-state index contributed by atoms with van der Waals surface area (Å²) in [4.78, 5) is 16.2. The van der Waals surface area contributed by atoms with Gasteiger partial charge in [0.15, 0.2) is 5.82 Å². The first-order chi connectivity index (χ1) is 8.46. The van der Waals surface area contributed by atoms with E-state index in [1.54, 1.807) is 11.3 Å². The smallest absolute Gasteiger partial charge is 0.303 e. The molecule has 2 rings (SSSR count). The highest BCUT2D eigenvalue weighted by Crippen LogP contribution is 2.26. The monoisotopic (exact) mass is 265 g/mol. The third-order valence-corrected chi connectivity index (χ3v) is 3.41. The highest BCUT2D eigenvalue weighted by Gasteiger charge is 2.24. The van der Waals surface area contributed by atoms with Crippen LogP contribution in [0.2, 0.25) is 0 Å². The van der Waals surface area contributed by atoms with E-state index in [9.17, 15) is 4.79 Å². The van der Waals surface area contributed by atoms with Crippen LogP contribution in [0.15, 0.2) is 17.5 Å². The topological polar surface area (TPSA) is 78.9 Å². The molecule has 0 atom stereocenters. The first-order valence-corrected chi connectivity index (χ1v) is 6.51. The minimum Gasteiger partial charge on any atom is -0.481 e. The molecule has 18 heavy (non-hydrogen) atoms. The SMILES string of the molecule is CC(C)(CC(=O)O)Cc1nc(-c2cccs2)n[nH]1. The van der Waals surface area contributed by atoms with E-state index in [2.05, 4.69) is 15.2 Å². The molecule has 0 aliphatic carbocycles. The number of aliphatic carboxylic acids is 1. The van der Waals surface area contributed by atoms with Crippen LogP contribution in [0.4, 0.5) is 0 Å². The molecular formula is C12H15N3O2S. The van der Waals surface area contributed by atoms with Crippen LogP contribution in [0.1, 0.15) is 26.1 Å². The van der Waals surface area contributed by atoms with Crippen molar-refractivity contribution >= 4 is 17.3 Å². The fourth-order valence-corrected chi connectivity index (χ4v) is 2.47. The zero-order valence-electron chi connectivity index (χ0n) is 10.3. The zero-order chi connectivity index (χ0) is 13.2. The van der Waals surface area contributed by atoms with Crippen molar-refractivity contribution in [1.82, 2.24) is 15.2 Å². The predicted molar refractivity (Wildman–Crippen MR) is 69.4 cm³/mol. The fraction of sp³-hybridized carbons (Fsp3) is 0.417. The lowest BCUT2D eigenvalue weighted by Gasteiger charge is -2.20. The molecule has 2 N–H and O–H groups in total. The van der Waals surface area contributed by atoms with Crippen molar-refractivity contribution in [2.24, 2.45) is 5.41 Å². The molecule has 2 aromatic rings. The van der Waals surface area contributed by atoms with Crippen LogP contribution in [-0.2, 0) is 11.2 Å². The van der Waals surface area contributed by atoms with Crippen LogP contribution in [0.25, 0.3) is 10.7 Å². The van der Waals surface area contributed by atoms with Crippen LogP contribution in [0.5, 0.6) is 0 Å². The minimum absolute atomic E-state index is 0.113. The van der Waals surface area contributed by atoms with E-state index in [4.69, 9.17) is 5.11 Å². The molecule has 2 heterocycles. The normalized spacial score (nSPS) is 11.7. The average molecular weight is 265 g/mol. The van der Waals surface area contributed by atoms with Gasteiger partial charge in [-0.2, -0.15) is 5.10 Å². The number of hydrogen-bond donors (Lipinski definition) is 2. The Labute approximate surface area is 109 Å². The minimum atomic E-state index is -0.794. The standard InChI is InChI=1S/C12H15N3O2S/c1-12(2,7-10(16)17)6-9-13-11(15-14-9)8-4-3-5-18-8/h3-5H,6-7H2,1-2H3,(H,16,17)(H,13,14,15). The van der Waals surface area contributed by atoms with E-state index in [1.807, 2.05) is 31.4 Å². The molecule has 2 aromatic heterocycles. The van der Waals surface area contributed by atoms with E-state index in [0.717, 1.165) is 10.7 Å². The number of rotatable bonds is 5. The van der Waals surface area contributed by atoms with Crippen LogP contribution in [0.3, 0.4) is 0 Å². The first-order valence-electron chi connectivity index (χ1n) is 5.63. The van der Waals surface area contributed by atoms with E-state index in [1.165, 1.54) is 0 Å². The molecule has 0 aromatic carbocycles. The van der Waals surface area contributed by atoms with Gasteiger partial charge in [-0.3, -0.25) is 9.89 Å². The number of nitrogens with zero attached hydrogens (tertiary/aromatic N) is 2. The Balaban J connectivity index is 2.09. The summed E-state index contributed by atoms with van der Waals surface area (Å²) >= 11 is 1.58. The summed E-state index contributed by atoms with van der Waals surface area (Å²) < 4.78 is 0. The fourth-order valence-electron chi connectivity index (χ4n) is 1.82. The third kappa shape index (κ3) is 3.16. The number of aromatic amines is 1. The summed E-state index contributed by atoms with van der Waals surface area (Å²) in [5.74, 6) is 0.605. The second-order valence-electron chi connectivity index (χ2n) is 4.99. The molecular weight excluding hydrogens is 250 g/mol. The molecule has 0 radical (unpaired) electrons. The highest BCUT2D eigenvalue weighted by atomic mass is 32.1. The van der Waals surface area contributed by atoms with Crippen molar-refractivity contribution in [2.75, 3.05) is 0 Å². The maximum Gasteiger partial charge on any atom is 0.303 e. The molecule has 96 valence electrons. The lowest BCUT2D eigenvalue weighted by Crippen LogP contribution is -2.20. The van der Waals surface area contributed by atoms with Gasteiger partial charge in [-0.05, 0) is 16.9 Å². The van der Waals surface area contributed by atoms with Crippen LogP contribution >= 0.6 is 11.3 Å². The van der Waals surface area contributed by atoms with Crippen LogP contribution < -0.4 is 0 Å². The second kappa shape index (κ2) is 4.89. The highest BCUT2D eigenvalue weighted by molar-refractivity contribution is 7.13.